The molecule has 2 atom stereocenters. The lowest BCUT2D eigenvalue weighted by molar-refractivity contribution is -0.141. The highest BCUT2D eigenvalue weighted by Crippen LogP contribution is 2.45. The molecule has 1 N–H and O–H groups in total. The highest BCUT2D eigenvalue weighted by Gasteiger charge is 2.42. The number of hydrogen-bond donors (Lipinski definition) is 1. The van der Waals surface area contributed by atoms with Crippen LogP contribution in [-0.2, 0) is 10.9 Å². The average molecular weight is 490 g/mol. The molecule has 0 radical (unpaired) electrons. The van der Waals surface area contributed by atoms with Gasteiger partial charge in [0.05, 0.1) is 25.4 Å². The van der Waals surface area contributed by atoms with Crippen LogP contribution in [0.15, 0.2) is 18.5 Å². The number of halogens is 3. The monoisotopic (exact) mass is 489 g/mol. The Bertz CT molecular complexity index is 1240. The Labute approximate surface area is 199 Å². The lowest BCUT2D eigenvalue weighted by atomic mass is 9.80. The highest BCUT2D eigenvalue weighted by molar-refractivity contribution is 5.66. The van der Waals surface area contributed by atoms with Crippen molar-refractivity contribution in [1.29, 1.82) is 5.26 Å². The van der Waals surface area contributed by atoms with E-state index in [1.54, 1.807) is 19.2 Å². The van der Waals surface area contributed by atoms with Gasteiger partial charge in [-0.05, 0) is 38.2 Å². The van der Waals surface area contributed by atoms with Crippen LogP contribution in [0, 0.1) is 18.3 Å². The van der Waals surface area contributed by atoms with Crippen LogP contribution in [0.3, 0.4) is 0 Å². The molecule has 0 bridgehead atoms. The van der Waals surface area contributed by atoms with Crippen molar-refractivity contribution >= 4 is 11.5 Å². The van der Waals surface area contributed by atoms with E-state index in [0.29, 0.717) is 24.6 Å². The van der Waals surface area contributed by atoms with Crippen LogP contribution in [0.25, 0.3) is 5.65 Å². The first-order chi connectivity index (χ1) is 16.8. The van der Waals surface area contributed by atoms with E-state index in [1.807, 2.05) is 21.8 Å². The molecular weight excluding hydrogens is 463 g/mol. The van der Waals surface area contributed by atoms with Crippen molar-refractivity contribution in [2.75, 3.05) is 31.2 Å². The summed E-state index contributed by atoms with van der Waals surface area (Å²) in [5, 5.41) is 26.9. The molecule has 9 nitrogen and oxygen atoms in total. The number of aromatic nitrogens is 5. The quantitative estimate of drug-likeness (QED) is 0.567. The summed E-state index contributed by atoms with van der Waals surface area (Å²) in [7, 11) is 0. The SMILES string of the molecule is Cc1nc2c(C#N)c(C(F)(F)F)nn2c(N2CC(OCCO)C2)c1C1CCCC(n2cccn2)C1. The molecular formula is C23H26F3N7O2. The molecule has 3 aromatic rings. The summed E-state index contributed by atoms with van der Waals surface area (Å²) in [6, 6.07) is 3.73. The van der Waals surface area contributed by atoms with Gasteiger partial charge in [-0.1, -0.05) is 6.42 Å². The van der Waals surface area contributed by atoms with Gasteiger partial charge in [0.15, 0.2) is 11.3 Å². The second kappa shape index (κ2) is 9.13. The van der Waals surface area contributed by atoms with Crippen molar-refractivity contribution in [1.82, 2.24) is 24.4 Å². The summed E-state index contributed by atoms with van der Waals surface area (Å²) in [5.41, 5.74) is -0.425. The van der Waals surface area contributed by atoms with Crippen LogP contribution in [0.4, 0.5) is 19.0 Å². The molecule has 186 valence electrons. The number of rotatable bonds is 6. The number of alkyl halides is 3. The predicted molar refractivity (Wildman–Crippen MR) is 119 cm³/mol. The van der Waals surface area contributed by atoms with Crippen LogP contribution in [0.1, 0.15) is 60.2 Å². The number of hydrogen-bond acceptors (Lipinski definition) is 7. The lowest BCUT2D eigenvalue weighted by Crippen LogP contribution is -2.54. The number of aryl methyl sites for hydroxylation is 1. The van der Waals surface area contributed by atoms with Gasteiger partial charge in [-0.25, -0.2) is 4.98 Å². The largest absolute Gasteiger partial charge is 0.436 e. The molecule has 1 aliphatic heterocycles. The third kappa shape index (κ3) is 4.23. The number of nitrogens with zero attached hydrogens (tertiary/aromatic N) is 7. The van der Waals surface area contributed by atoms with Crippen LogP contribution in [0.2, 0.25) is 0 Å². The van der Waals surface area contributed by atoms with E-state index in [9.17, 15) is 18.4 Å². The normalized spacial score (nSPS) is 21.3. The standard InChI is InChI=1S/C23H26F3N7O2/c1-14-19(15-4-2-5-16(10-15)32-7-3-6-28-32)22(31-12-17(13-31)35-9-8-34)33-21(29-14)18(11-27)20(30-33)23(24,25)26/h3,6-7,15-17,34H,2,4-5,8-10,12-13H2,1H3. The summed E-state index contributed by atoms with van der Waals surface area (Å²) in [4.78, 5) is 6.41. The van der Waals surface area contributed by atoms with E-state index in [4.69, 9.17) is 9.84 Å². The topological polar surface area (TPSA) is 105 Å². The molecule has 1 aliphatic carbocycles. The van der Waals surface area contributed by atoms with Crippen LogP contribution in [0.5, 0.6) is 0 Å². The van der Waals surface area contributed by atoms with Crippen molar-refractivity contribution in [3.05, 3.63) is 41.0 Å². The summed E-state index contributed by atoms with van der Waals surface area (Å²) >= 11 is 0. The maximum absolute atomic E-state index is 13.7. The Morgan fingerprint density at radius 3 is 2.74 bits per heavy atom. The molecule has 12 heteroatoms. The predicted octanol–water partition coefficient (Wildman–Crippen LogP) is 3.22. The number of aliphatic hydroxyl groups is 1. The number of fused-ring (bicyclic) bond motifs is 1. The van der Waals surface area contributed by atoms with Crippen LogP contribution < -0.4 is 4.90 Å². The van der Waals surface area contributed by atoms with Crippen molar-refractivity contribution in [3.63, 3.8) is 0 Å². The van der Waals surface area contributed by atoms with Gasteiger partial charge >= 0.3 is 6.18 Å². The maximum Gasteiger partial charge on any atom is 0.436 e. The maximum atomic E-state index is 13.7. The molecule has 2 aliphatic rings. The first-order valence-electron chi connectivity index (χ1n) is 11.7. The van der Waals surface area contributed by atoms with Gasteiger partial charge in [0.25, 0.3) is 0 Å². The molecule has 1 saturated heterocycles. The summed E-state index contributed by atoms with van der Waals surface area (Å²) in [5.74, 6) is 0.584. The third-order valence-corrected chi connectivity index (χ3v) is 6.89. The second-order valence-electron chi connectivity index (χ2n) is 9.13. The van der Waals surface area contributed by atoms with Gasteiger partial charge in [-0.3, -0.25) is 4.68 Å². The first-order valence-corrected chi connectivity index (χ1v) is 11.7. The Kier molecular flexibility index (Phi) is 6.14. The van der Waals surface area contributed by atoms with E-state index in [1.165, 1.54) is 4.52 Å². The Morgan fingerprint density at radius 2 is 2.09 bits per heavy atom. The number of anilines is 1. The fourth-order valence-electron chi connectivity index (χ4n) is 5.34. The van der Waals surface area contributed by atoms with E-state index in [0.717, 1.165) is 31.2 Å². The molecule has 3 aromatic heterocycles. The molecule has 5 rings (SSSR count). The summed E-state index contributed by atoms with van der Waals surface area (Å²) in [6.45, 7) is 2.78. The van der Waals surface area contributed by atoms with Gasteiger partial charge in [0.2, 0.25) is 0 Å². The Morgan fingerprint density at radius 1 is 1.29 bits per heavy atom. The molecule has 0 amide bonds. The smallest absolute Gasteiger partial charge is 0.394 e. The van der Waals surface area contributed by atoms with Crippen molar-refractivity contribution in [3.8, 4) is 6.07 Å². The Hall–Kier alpha value is -3.17. The molecule has 1 saturated carbocycles. The highest BCUT2D eigenvalue weighted by atomic mass is 19.4. The fraction of sp³-hybridized carbons (Fsp3) is 0.565. The molecule has 0 spiro atoms. The third-order valence-electron chi connectivity index (χ3n) is 6.89. The van der Waals surface area contributed by atoms with Crippen LogP contribution in [-0.4, -0.2) is 61.9 Å². The van der Waals surface area contributed by atoms with E-state index in [-0.39, 0.29) is 36.9 Å². The zero-order chi connectivity index (χ0) is 24.7. The average Bonchev–Trinajstić information content (AvgIpc) is 3.46. The van der Waals surface area contributed by atoms with Crippen molar-refractivity contribution in [2.45, 2.75) is 56.8 Å². The fourth-order valence-corrected chi connectivity index (χ4v) is 5.34. The minimum absolute atomic E-state index is 0.0475. The molecule has 2 fully saturated rings. The van der Waals surface area contributed by atoms with E-state index >= 15 is 0 Å². The number of aliphatic hydroxyl groups excluding tert-OH is 1. The lowest BCUT2D eigenvalue weighted by Gasteiger charge is -2.42. The van der Waals surface area contributed by atoms with Gasteiger partial charge in [0, 0.05) is 36.7 Å². The van der Waals surface area contributed by atoms with Gasteiger partial charge in [0.1, 0.15) is 17.5 Å². The minimum Gasteiger partial charge on any atom is -0.394 e. The van der Waals surface area contributed by atoms with Crippen LogP contribution >= 0.6 is 0 Å². The van der Waals surface area contributed by atoms with Gasteiger partial charge in [-0.2, -0.15) is 33.1 Å². The summed E-state index contributed by atoms with van der Waals surface area (Å²) in [6.07, 6.45) is 2.33. The van der Waals surface area contributed by atoms with Crippen molar-refractivity contribution in [2.24, 2.45) is 0 Å². The molecule has 2 unspecified atom stereocenters. The van der Waals surface area contributed by atoms with Gasteiger partial charge in [-0.15, -0.1) is 0 Å². The summed E-state index contributed by atoms with van der Waals surface area (Å²) < 4.78 is 50.0. The van der Waals surface area contributed by atoms with Gasteiger partial charge < -0.3 is 14.7 Å². The van der Waals surface area contributed by atoms with Crippen molar-refractivity contribution < 1.29 is 23.0 Å². The zero-order valence-electron chi connectivity index (χ0n) is 19.2. The number of nitriles is 1. The van der Waals surface area contributed by atoms with E-state index < -0.39 is 17.4 Å². The number of ether oxygens (including phenoxy) is 1. The Balaban J connectivity index is 1.61. The zero-order valence-corrected chi connectivity index (χ0v) is 19.2. The minimum atomic E-state index is -4.78. The van der Waals surface area contributed by atoms with E-state index in [2.05, 4.69) is 15.2 Å². The molecule has 0 aromatic carbocycles. The second-order valence-corrected chi connectivity index (χ2v) is 9.13. The molecule has 35 heavy (non-hydrogen) atoms. The molecule has 4 heterocycles. The first kappa shape index (κ1) is 23.6.